The molecule has 8 nitrogen and oxygen atoms in total. The molecule has 0 N–H and O–H groups in total. The van der Waals surface area contributed by atoms with Crippen LogP contribution < -0.4 is 4.90 Å². The molecule has 0 bridgehead atoms. The second kappa shape index (κ2) is 7.33. The van der Waals surface area contributed by atoms with Crippen LogP contribution in [0.5, 0.6) is 0 Å². The molecular formula is C14H16N4O4. The summed E-state index contributed by atoms with van der Waals surface area (Å²) in [5.74, 6) is -0.404. The van der Waals surface area contributed by atoms with Crippen molar-refractivity contribution >= 4 is 17.7 Å². The van der Waals surface area contributed by atoms with Crippen molar-refractivity contribution in [2.75, 3.05) is 24.6 Å². The van der Waals surface area contributed by atoms with Crippen LogP contribution in [0.1, 0.15) is 12.5 Å². The first-order valence-corrected chi connectivity index (χ1v) is 6.81. The third-order valence-corrected chi connectivity index (χ3v) is 3.16. The summed E-state index contributed by atoms with van der Waals surface area (Å²) in [7, 11) is 0. The van der Waals surface area contributed by atoms with E-state index in [9.17, 15) is 9.59 Å². The monoisotopic (exact) mass is 304 g/mol. The molecule has 0 aromatic heterocycles. The van der Waals surface area contributed by atoms with Gasteiger partial charge in [0.1, 0.15) is 6.61 Å². The van der Waals surface area contributed by atoms with Gasteiger partial charge in [-0.2, -0.15) is 0 Å². The average Bonchev–Trinajstić information content (AvgIpc) is 2.87. The summed E-state index contributed by atoms with van der Waals surface area (Å²) in [6, 6.07) is 7.35. The Kier molecular flexibility index (Phi) is 5.21. The number of nitrogens with zero attached hydrogens (tertiary/aromatic N) is 4. The van der Waals surface area contributed by atoms with Gasteiger partial charge in [-0.15, -0.1) is 0 Å². The Hall–Kier alpha value is -2.73. The molecule has 1 aliphatic heterocycles. The van der Waals surface area contributed by atoms with Crippen LogP contribution in [0.15, 0.2) is 29.4 Å². The molecule has 1 fully saturated rings. The molecule has 0 radical (unpaired) electrons. The third-order valence-electron chi connectivity index (χ3n) is 3.16. The number of benzene rings is 1. The number of carbonyl (C=O) groups excluding carboxylic acids is 2. The fourth-order valence-electron chi connectivity index (χ4n) is 2.10. The highest BCUT2D eigenvalue weighted by molar-refractivity contribution is 5.89. The second-order valence-corrected chi connectivity index (χ2v) is 4.79. The molecule has 1 atom stereocenters. The fourth-order valence-corrected chi connectivity index (χ4v) is 2.10. The van der Waals surface area contributed by atoms with E-state index in [0.717, 1.165) is 5.56 Å². The minimum atomic E-state index is -0.459. The smallest absolute Gasteiger partial charge is 0.414 e. The Bertz CT molecular complexity index is 595. The lowest BCUT2D eigenvalue weighted by Crippen LogP contribution is -2.26. The first-order valence-electron chi connectivity index (χ1n) is 6.81. The molecule has 116 valence electrons. The van der Waals surface area contributed by atoms with Gasteiger partial charge in [0.05, 0.1) is 6.54 Å². The first-order chi connectivity index (χ1) is 10.6. The van der Waals surface area contributed by atoms with Crippen LogP contribution in [-0.4, -0.2) is 37.9 Å². The lowest BCUT2D eigenvalue weighted by molar-refractivity contribution is -0.143. The predicted molar refractivity (Wildman–Crippen MR) is 78.4 cm³/mol. The lowest BCUT2D eigenvalue weighted by Gasteiger charge is -2.13. The molecule has 0 aliphatic carbocycles. The van der Waals surface area contributed by atoms with Gasteiger partial charge in [-0.1, -0.05) is 17.2 Å². The number of amides is 1. The maximum Gasteiger partial charge on any atom is 0.414 e. The van der Waals surface area contributed by atoms with E-state index >= 15 is 0 Å². The summed E-state index contributed by atoms with van der Waals surface area (Å²) in [5.41, 5.74) is 9.96. The number of ether oxygens (including phenoxy) is 2. The van der Waals surface area contributed by atoms with Crippen LogP contribution in [0.3, 0.4) is 0 Å². The maximum atomic E-state index is 11.8. The van der Waals surface area contributed by atoms with E-state index in [-0.39, 0.29) is 6.61 Å². The van der Waals surface area contributed by atoms with E-state index in [1.165, 1.54) is 11.8 Å². The van der Waals surface area contributed by atoms with Gasteiger partial charge in [0.2, 0.25) is 0 Å². The molecule has 1 aromatic rings. The Morgan fingerprint density at radius 2 is 2.23 bits per heavy atom. The van der Waals surface area contributed by atoms with Crippen molar-refractivity contribution in [2.45, 2.75) is 19.4 Å². The van der Waals surface area contributed by atoms with Crippen LogP contribution in [0.4, 0.5) is 10.5 Å². The molecule has 22 heavy (non-hydrogen) atoms. The first kappa shape index (κ1) is 15.7. The van der Waals surface area contributed by atoms with Crippen molar-refractivity contribution < 1.29 is 19.1 Å². The number of cyclic esters (lactones) is 1. The van der Waals surface area contributed by atoms with Gasteiger partial charge in [-0.3, -0.25) is 9.69 Å². The van der Waals surface area contributed by atoms with E-state index in [1.54, 1.807) is 12.1 Å². The number of rotatable bonds is 6. The summed E-state index contributed by atoms with van der Waals surface area (Å²) in [4.78, 5) is 26.8. The molecule has 0 saturated carbocycles. The van der Waals surface area contributed by atoms with Gasteiger partial charge < -0.3 is 9.47 Å². The summed E-state index contributed by atoms with van der Waals surface area (Å²) in [5, 5.41) is 3.48. The second-order valence-electron chi connectivity index (χ2n) is 4.79. The van der Waals surface area contributed by atoms with Crippen molar-refractivity contribution in [3.63, 3.8) is 0 Å². The number of hydrogen-bond donors (Lipinski definition) is 0. The molecular weight excluding hydrogens is 288 g/mol. The highest BCUT2D eigenvalue weighted by atomic mass is 16.6. The third kappa shape index (κ3) is 4.13. The fraction of sp³-hybridized carbons (Fsp3) is 0.429. The Morgan fingerprint density at radius 1 is 1.50 bits per heavy atom. The predicted octanol–water partition coefficient (Wildman–Crippen LogP) is 2.43. The molecule has 1 aromatic carbocycles. The molecule has 1 amide bonds. The quantitative estimate of drug-likeness (QED) is 0.348. The van der Waals surface area contributed by atoms with Crippen molar-refractivity contribution in [1.82, 2.24) is 0 Å². The normalized spacial score (nSPS) is 16.9. The van der Waals surface area contributed by atoms with E-state index in [1.807, 2.05) is 12.1 Å². The molecule has 2 rings (SSSR count). The van der Waals surface area contributed by atoms with Crippen molar-refractivity contribution in [3.8, 4) is 0 Å². The van der Waals surface area contributed by atoms with Crippen molar-refractivity contribution in [3.05, 3.63) is 40.3 Å². The number of carbonyl (C=O) groups is 2. The number of hydrogen-bond acceptors (Lipinski definition) is 5. The number of anilines is 1. The van der Waals surface area contributed by atoms with Gasteiger partial charge in [0.15, 0.2) is 6.10 Å². The van der Waals surface area contributed by atoms with Crippen molar-refractivity contribution in [1.29, 1.82) is 0 Å². The van der Waals surface area contributed by atoms with Crippen LogP contribution in [0, 0.1) is 0 Å². The zero-order valence-corrected chi connectivity index (χ0v) is 12.1. The molecule has 1 heterocycles. The SMILES string of the molecule is CC(=O)OC[C@@H]1CN(c2ccc(CCN=[N+]=[N-])cc2)C(=O)O1. The van der Waals surface area contributed by atoms with Gasteiger partial charge in [-0.05, 0) is 29.6 Å². The highest BCUT2D eigenvalue weighted by Crippen LogP contribution is 2.22. The van der Waals surface area contributed by atoms with Gasteiger partial charge >= 0.3 is 12.1 Å². The van der Waals surface area contributed by atoms with E-state index in [0.29, 0.717) is 25.2 Å². The summed E-state index contributed by atoms with van der Waals surface area (Å²) in [6.07, 6.45) is -0.274. The lowest BCUT2D eigenvalue weighted by atomic mass is 10.1. The zero-order chi connectivity index (χ0) is 15.9. The molecule has 8 heteroatoms. The minimum Gasteiger partial charge on any atom is -0.462 e. The molecule has 0 spiro atoms. The summed E-state index contributed by atoms with van der Waals surface area (Å²) < 4.78 is 9.99. The molecule has 0 unspecified atom stereocenters. The van der Waals surface area contributed by atoms with Crippen molar-refractivity contribution in [2.24, 2.45) is 5.11 Å². The van der Waals surface area contributed by atoms with Gasteiger partial charge in [-0.25, -0.2) is 4.79 Å². The zero-order valence-electron chi connectivity index (χ0n) is 12.1. The van der Waals surface area contributed by atoms with E-state index < -0.39 is 18.2 Å². The van der Waals surface area contributed by atoms with Crippen LogP contribution in [0.2, 0.25) is 0 Å². The standard InChI is InChI=1S/C14H16N4O4/c1-10(19)21-9-13-8-18(14(20)22-13)12-4-2-11(3-5-12)6-7-16-17-15/h2-5,13H,6-9H2,1H3/t13-/m0/s1. The van der Waals surface area contributed by atoms with Gasteiger partial charge in [0.25, 0.3) is 0 Å². The Morgan fingerprint density at radius 3 is 2.86 bits per heavy atom. The largest absolute Gasteiger partial charge is 0.462 e. The Labute approximate surface area is 127 Å². The number of esters is 1. The van der Waals surface area contributed by atoms with Gasteiger partial charge in [0, 0.05) is 24.1 Å². The van der Waals surface area contributed by atoms with E-state index in [2.05, 4.69) is 10.0 Å². The highest BCUT2D eigenvalue weighted by Gasteiger charge is 2.32. The minimum absolute atomic E-state index is 0.0574. The number of azide groups is 1. The summed E-state index contributed by atoms with van der Waals surface area (Å²) >= 11 is 0. The molecule has 1 saturated heterocycles. The van der Waals surface area contributed by atoms with E-state index in [4.69, 9.17) is 15.0 Å². The van der Waals surface area contributed by atoms with Crippen LogP contribution in [-0.2, 0) is 20.7 Å². The molecule has 1 aliphatic rings. The van der Waals surface area contributed by atoms with Crippen LogP contribution in [0.25, 0.3) is 10.4 Å². The Balaban J connectivity index is 1.95. The van der Waals surface area contributed by atoms with Crippen LogP contribution >= 0.6 is 0 Å². The average molecular weight is 304 g/mol. The maximum absolute atomic E-state index is 11.8. The summed E-state index contributed by atoms with van der Waals surface area (Å²) in [6.45, 7) is 2.10. The topological polar surface area (TPSA) is 105 Å².